The second-order valence-electron chi connectivity index (χ2n) is 9.07. The van der Waals surface area contributed by atoms with Crippen molar-refractivity contribution in [2.24, 2.45) is 0 Å². The van der Waals surface area contributed by atoms with Crippen molar-refractivity contribution in [2.75, 3.05) is 25.1 Å². The van der Waals surface area contributed by atoms with Crippen LogP contribution in [0.15, 0.2) is 48.4 Å². The molecule has 3 aromatic rings. The van der Waals surface area contributed by atoms with E-state index in [1.54, 1.807) is 43.8 Å². The molecule has 3 N–H and O–H groups in total. The predicted octanol–water partition coefficient (Wildman–Crippen LogP) is 3.63. The van der Waals surface area contributed by atoms with E-state index in [4.69, 9.17) is 17.3 Å². The summed E-state index contributed by atoms with van der Waals surface area (Å²) in [4.78, 5) is 53.1. The first-order valence-electron chi connectivity index (χ1n) is 11.4. The van der Waals surface area contributed by atoms with E-state index in [0.717, 1.165) is 11.0 Å². The van der Waals surface area contributed by atoms with E-state index in [2.05, 4.69) is 20.3 Å². The summed E-state index contributed by atoms with van der Waals surface area (Å²) in [5, 5.41) is 4.69. The van der Waals surface area contributed by atoms with Gasteiger partial charge in [-0.05, 0) is 49.3 Å². The van der Waals surface area contributed by atoms with E-state index in [9.17, 15) is 14.4 Å². The SMILES string of the molecule is CN1C(=O)N(C)C2(CCC(=CC(=O)Nc3cc4cc(-c5cnccc5Cl)nc(N)c4cn3)CC2)C1=O. The number of halogens is 1. The number of pyridine rings is 3. The van der Waals surface area contributed by atoms with Gasteiger partial charge in [-0.25, -0.2) is 14.8 Å². The lowest BCUT2D eigenvalue weighted by molar-refractivity contribution is -0.133. The zero-order valence-electron chi connectivity index (χ0n) is 19.8. The third kappa shape index (κ3) is 3.93. The average Bonchev–Trinajstić information content (AvgIpc) is 3.01. The van der Waals surface area contributed by atoms with Crippen LogP contribution in [0, 0.1) is 0 Å². The highest BCUT2D eigenvalue weighted by atomic mass is 35.5. The lowest BCUT2D eigenvalue weighted by Crippen LogP contribution is -2.49. The molecule has 0 atom stereocenters. The summed E-state index contributed by atoms with van der Waals surface area (Å²) >= 11 is 6.29. The number of imide groups is 1. The minimum atomic E-state index is -0.817. The van der Waals surface area contributed by atoms with E-state index in [0.29, 0.717) is 59.0 Å². The molecule has 0 bridgehead atoms. The molecule has 0 unspecified atom stereocenters. The number of hydrogen-bond donors (Lipinski definition) is 2. The van der Waals surface area contributed by atoms with E-state index in [-0.39, 0.29) is 17.8 Å². The number of allylic oxidation sites excluding steroid dienone is 1. The lowest BCUT2D eigenvalue weighted by atomic mass is 9.78. The van der Waals surface area contributed by atoms with Crippen LogP contribution in [0.4, 0.5) is 16.4 Å². The highest BCUT2D eigenvalue weighted by Gasteiger charge is 2.54. The summed E-state index contributed by atoms with van der Waals surface area (Å²) in [6.07, 6.45) is 8.39. The third-order valence-electron chi connectivity index (χ3n) is 7.01. The standard InChI is InChI=1S/C25H24ClN7O3/c1-32-23(35)25(33(2)24(32)36)6-3-14(4-7-25)9-21(34)31-20-11-15-10-19(17-12-28-8-5-18(17)26)30-22(27)16(15)13-29-20/h5,8-13H,3-4,6-7H2,1-2H3,(H2,27,30)(H,29,31,34). The molecular formula is C25H24ClN7O3. The number of amides is 4. The number of rotatable bonds is 3. The maximum Gasteiger partial charge on any atom is 0.327 e. The minimum absolute atomic E-state index is 0.181. The topological polar surface area (TPSA) is 134 Å². The maximum atomic E-state index is 12.7. The van der Waals surface area contributed by atoms with Crippen molar-refractivity contribution in [3.63, 3.8) is 0 Å². The van der Waals surface area contributed by atoms with E-state index in [1.807, 2.05) is 6.07 Å². The molecule has 5 rings (SSSR count). The molecule has 184 valence electrons. The second kappa shape index (κ2) is 8.87. The van der Waals surface area contributed by atoms with E-state index < -0.39 is 5.54 Å². The maximum absolute atomic E-state index is 12.7. The Morgan fingerprint density at radius 2 is 1.94 bits per heavy atom. The van der Waals surface area contributed by atoms with Gasteiger partial charge in [-0.3, -0.25) is 19.5 Å². The molecule has 36 heavy (non-hydrogen) atoms. The third-order valence-corrected chi connectivity index (χ3v) is 7.34. The number of likely N-dealkylation sites (N-methyl/N-ethyl adjacent to an activating group) is 2. The highest BCUT2D eigenvalue weighted by Crippen LogP contribution is 2.40. The molecule has 0 radical (unpaired) electrons. The zero-order chi connectivity index (χ0) is 25.6. The van der Waals surface area contributed by atoms with Crippen molar-refractivity contribution in [3.8, 4) is 11.3 Å². The Morgan fingerprint density at radius 1 is 1.19 bits per heavy atom. The van der Waals surface area contributed by atoms with Crippen LogP contribution in [0.3, 0.4) is 0 Å². The lowest BCUT2D eigenvalue weighted by Gasteiger charge is -2.36. The van der Waals surface area contributed by atoms with Gasteiger partial charge in [0.2, 0.25) is 5.91 Å². The fourth-order valence-electron chi connectivity index (χ4n) is 4.92. The summed E-state index contributed by atoms with van der Waals surface area (Å²) in [6.45, 7) is 0. The number of urea groups is 1. The van der Waals surface area contributed by atoms with Gasteiger partial charge in [0.1, 0.15) is 17.2 Å². The van der Waals surface area contributed by atoms with Crippen molar-refractivity contribution in [3.05, 3.63) is 53.5 Å². The largest absolute Gasteiger partial charge is 0.383 e. The van der Waals surface area contributed by atoms with Gasteiger partial charge in [0, 0.05) is 49.7 Å². The van der Waals surface area contributed by atoms with Gasteiger partial charge in [0.05, 0.1) is 10.7 Å². The molecule has 4 heterocycles. The van der Waals surface area contributed by atoms with E-state index >= 15 is 0 Å². The number of nitrogen functional groups attached to an aromatic ring is 1. The Morgan fingerprint density at radius 3 is 2.61 bits per heavy atom. The Bertz CT molecular complexity index is 1440. The van der Waals surface area contributed by atoms with Gasteiger partial charge in [-0.2, -0.15) is 0 Å². The van der Waals surface area contributed by atoms with Gasteiger partial charge in [0.25, 0.3) is 5.91 Å². The average molecular weight is 506 g/mol. The number of nitrogens with zero attached hydrogens (tertiary/aromatic N) is 5. The molecule has 2 aliphatic rings. The fourth-order valence-corrected chi connectivity index (χ4v) is 5.12. The molecule has 1 saturated carbocycles. The molecule has 2 fully saturated rings. The molecule has 0 aromatic carbocycles. The molecule has 1 aliphatic carbocycles. The fraction of sp³-hybridized carbons (Fsp3) is 0.280. The first-order chi connectivity index (χ1) is 17.2. The van der Waals surface area contributed by atoms with Crippen LogP contribution in [0.2, 0.25) is 5.02 Å². The Kier molecular flexibility index (Phi) is 5.83. The van der Waals surface area contributed by atoms with Crippen LogP contribution < -0.4 is 11.1 Å². The smallest absolute Gasteiger partial charge is 0.327 e. The molecule has 10 nitrogen and oxygen atoms in total. The number of nitrogens with two attached hydrogens (primary N) is 1. The zero-order valence-corrected chi connectivity index (χ0v) is 20.5. The van der Waals surface area contributed by atoms with Crippen molar-refractivity contribution in [1.82, 2.24) is 24.8 Å². The number of fused-ring (bicyclic) bond motifs is 1. The number of aromatic nitrogens is 3. The highest BCUT2D eigenvalue weighted by molar-refractivity contribution is 6.33. The molecule has 1 aliphatic heterocycles. The molecule has 1 saturated heterocycles. The molecule has 3 aromatic heterocycles. The Hall–Kier alpha value is -4.05. The van der Waals surface area contributed by atoms with Crippen LogP contribution in [0.5, 0.6) is 0 Å². The second-order valence-corrected chi connectivity index (χ2v) is 9.48. The van der Waals surface area contributed by atoms with Gasteiger partial charge >= 0.3 is 6.03 Å². The number of nitrogens with one attached hydrogen (secondary N) is 1. The number of anilines is 2. The van der Waals surface area contributed by atoms with Crippen LogP contribution in [-0.2, 0) is 9.59 Å². The van der Waals surface area contributed by atoms with Gasteiger partial charge < -0.3 is 16.0 Å². The minimum Gasteiger partial charge on any atom is -0.383 e. The van der Waals surface area contributed by atoms with Gasteiger partial charge in [0.15, 0.2) is 0 Å². The van der Waals surface area contributed by atoms with Crippen LogP contribution in [0.25, 0.3) is 22.0 Å². The quantitative estimate of drug-likeness (QED) is 0.410. The summed E-state index contributed by atoms with van der Waals surface area (Å²) in [5.41, 5.74) is 7.46. The summed E-state index contributed by atoms with van der Waals surface area (Å²) < 4.78 is 0. The Balaban J connectivity index is 1.32. The van der Waals surface area contributed by atoms with Crippen molar-refractivity contribution in [1.29, 1.82) is 0 Å². The Labute approximate surface area is 212 Å². The number of hydrogen-bond acceptors (Lipinski definition) is 7. The van der Waals surface area contributed by atoms with Crippen LogP contribution in [-0.4, -0.2) is 62.2 Å². The predicted molar refractivity (Wildman–Crippen MR) is 136 cm³/mol. The number of carbonyl (C=O) groups excluding carboxylic acids is 3. The van der Waals surface area contributed by atoms with Crippen LogP contribution >= 0.6 is 11.6 Å². The normalized spacial score (nSPS) is 19.9. The number of carbonyl (C=O) groups is 3. The first kappa shape index (κ1) is 23.7. The molecule has 11 heteroatoms. The first-order valence-corrected chi connectivity index (χ1v) is 11.8. The van der Waals surface area contributed by atoms with Crippen molar-refractivity contribution < 1.29 is 14.4 Å². The van der Waals surface area contributed by atoms with Crippen molar-refractivity contribution >= 4 is 51.9 Å². The summed E-state index contributed by atoms with van der Waals surface area (Å²) in [7, 11) is 3.16. The molecule has 1 spiro atoms. The van der Waals surface area contributed by atoms with Crippen molar-refractivity contribution in [2.45, 2.75) is 31.2 Å². The molecule has 4 amide bonds. The monoisotopic (exact) mass is 505 g/mol. The summed E-state index contributed by atoms with van der Waals surface area (Å²) in [6, 6.07) is 4.92. The van der Waals surface area contributed by atoms with Gasteiger partial charge in [-0.15, -0.1) is 0 Å². The van der Waals surface area contributed by atoms with Crippen LogP contribution in [0.1, 0.15) is 25.7 Å². The van der Waals surface area contributed by atoms with E-state index in [1.165, 1.54) is 16.8 Å². The summed E-state index contributed by atoms with van der Waals surface area (Å²) in [5.74, 6) is 0.161. The molecular weight excluding hydrogens is 482 g/mol. The van der Waals surface area contributed by atoms with Gasteiger partial charge in [-0.1, -0.05) is 17.2 Å².